The van der Waals surface area contributed by atoms with Crippen LogP contribution in [0.1, 0.15) is 18.9 Å². The van der Waals surface area contributed by atoms with Crippen LogP contribution in [-0.2, 0) is 0 Å². The van der Waals surface area contributed by atoms with Crippen LogP contribution in [-0.4, -0.2) is 15.8 Å². The average Bonchev–Trinajstić information content (AvgIpc) is 3.26. The summed E-state index contributed by atoms with van der Waals surface area (Å²) >= 11 is 5.90. The summed E-state index contributed by atoms with van der Waals surface area (Å²) < 4.78 is 20.6. The third-order valence-electron chi connectivity index (χ3n) is 3.46. The summed E-state index contributed by atoms with van der Waals surface area (Å²) in [6.45, 7) is 0. The summed E-state index contributed by atoms with van der Waals surface area (Å²) in [5.74, 6) is 4.09. The van der Waals surface area contributed by atoms with Gasteiger partial charge < -0.3 is 19.8 Å². The summed E-state index contributed by atoms with van der Waals surface area (Å²) in [5.41, 5.74) is 1.30. The van der Waals surface area contributed by atoms with Crippen molar-refractivity contribution >= 4 is 34.3 Å². The van der Waals surface area contributed by atoms with Crippen molar-refractivity contribution in [2.45, 2.75) is 18.9 Å². The molecule has 9 heteroatoms. The van der Waals surface area contributed by atoms with Crippen LogP contribution < -0.4 is 21.4 Å². The molecule has 1 heterocycles. The van der Waals surface area contributed by atoms with Crippen molar-refractivity contribution in [3.63, 3.8) is 0 Å². The first-order chi connectivity index (χ1) is 10.4. The monoisotopic (exact) mass is 327 g/mol. The molecule has 0 unspecified atom stereocenters. The minimum absolute atomic E-state index is 0.0163. The van der Waals surface area contributed by atoms with E-state index in [-0.39, 0.29) is 27.7 Å². The van der Waals surface area contributed by atoms with Crippen LogP contribution in [0.4, 0.5) is 14.9 Å². The molecule has 0 amide bonds. The van der Waals surface area contributed by atoms with Crippen LogP contribution in [0.15, 0.2) is 17.1 Å². The number of fused-ring (bicyclic) bond motifs is 1. The fourth-order valence-electron chi connectivity index (χ4n) is 2.36. The van der Waals surface area contributed by atoms with Crippen molar-refractivity contribution in [2.75, 3.05) is 5.43 Å². The van der Waals surface area contributed by atoms with Crippen LogP contribution in [0.3, 0.4) is 0 Å². The number of carboxylic acid groups (broad SMARTS) is 1. The first-order valence-corrected chi connectivity index (χ1v) is 6.76. The number of hydrogen-bond donors (Lipinski definition) is 3. The van der Waals surface area contributed by atoms with Gasteiger partial charge in [0.1, 0.15) is 5.69 Å². The van der Waals surface area contributed by atoms with Crippen molar-refractivity contribution in [1.82, 2.24) is 4.57 Å². The Morgan fingerprint density at radius 3 is 2.77 bits per heavy atom. The highest BCUT2D eigenvalue weighted by Crippen LogP contribution is 2.40. The van der Waals surface area contributed by atoms with E-state index < -0.39 is 23.2 Å². The summed E-state index contributed by atoms with van der Waals surface area (Å²) in [6, 6.07) is 1.21. The zero-order valence-electron chi connectivity index (χ0n) is 11.1. The molecule has 7 nitrogen and oxygen atoms in total. The Hall–Kier alpha value is -2.32. The van der Waals surface area contributed by atoms with Gasteiger partial charge in [-0.2, -0.15) is 0 Å². The molecular weight excluding hydrogens is 317 g/mol. The zero-order chi connectivity index (χ0) is 16.0. The van der Waals surface area contributed by atoms with E-state index in [2.05, 4.69) is 10.2 Å². The number of halogens is 2. The molecular formula is C13H11ClFN3O4. The molecule has 1 aromatic heterocycles. The molecule has 0 bridgehead atoms. The SMILES string of the molecule is NNc1c(Cl)cc2c(=O)c(OC(=O)O)cn(C3CC3)c2c1F. The summed E-state index contributed by atoms with van der Waals surface area (Å²) in [7, 11) is 0. The number of nitrogens with zero attached hydrogens (tertiary/aromatic N) is 1. The molecule has 4 N–H and O–H groups in total. The van der Waals surface area contributed by atoms with Crippen molar-refractivity contribution < 1.29 is 19.0 Å². The van der Waals surface area contributed by atoms with Gasteiger partial charge in [0, 0.05) is 6.04 Å². The number of hydrazine groups is 1. The summed E-state index contributed by atoms with van der Waals surface area (Å²) in [6.07, 6.45) is 1.16. The third-order valence-corrected chi connectivity index (χ3v) is 3.76. The molecule has 1 fully saturated rings. The molecule has 0 saturated heterocycles. The van der Waals surface area contributed by atoms with Crippen LogP contribution in [0.2, 0.25) is 5.02 Å². The highest BCUT2D eigenvalue weighted by atomic mass is 35.5. The lowest BCUT2D eigenvalue weighted by molar-refractivity contribution is 0.143. The van der Waals surface area contributed by atoms with E-state index in [9.17, 15) is 14.0 Å². The lowest BCUT2D eigenvalue weighted by Crippen LogP contribution is -2.18. The van der Waals surface area contributed by atoms with E-state index in [1.54, 1.807) is 0 Å². The van der Waals surface area contributed by atoms with Crippen molar-refractivity contribution in [3.05, 3.63) is 33.3 Å². The third kappa shape index (κ3) is 2.26. The van der Waals surface area contributed by atoms with E-state index in [4.69, 9.17) is 22.6 Å². The predicted molar refractivity (Wildman–Crippen MR) is 77.9 cm³/mol. The molecule has 0 spiro atoms. The maximum absolute atomic E-state index is 14.6. The smallest absolute Gasteiger partial charge is 0.449 e. The van der Waals surface area contributed by atoms with Gasteiger partial charge in [-0.15, -0.1) is 0 Å². The van der Waals surface area contributed by atoms with Crippen molar-refractivity contribution in [2.24, 2.45) is 5.84 Å². The van der Waals surface area contributed by atoms with Gasteiger partial charge >= 0.3 is 6.16 Å². The highest BCUT2D eigenvalue weighted by Gasteiger charge is 2.29. The zero-order valence-corrected chi connectivity index (χ0v) is 11.9. The van der Waals surface area contributed by atoms with Crippen LogP contribution >= 0.6 is 11.6 Å². The van der Waals surface area contributed by atoms with E-state index in [1.165, 1.54) is 16.8 Å². The number of carbonyl (C=O) groups is 1. The molecule has 1 aliphatic rings. The number of anilines is 1. The number of nitrogens with two attached hydrogens (primary N) is 1. The number of rotatable bonds is 3. The van der Waals surface area contributed by atoms with Gasteiger partial charge in [-0.1, -0.05) is 11.6 Å². The normalized spacial score (nSPS) is 14.1. The van der Waals surface area contributed by atoms with Gasteiger partial charge in [-0.3, -0.25) is 10.6 Å². The fraction of sp³-hybridized carbons (Fsp3) is 0.231. The summed E-state index contributed by atoms with van der Waals surface area (Å²) in [4.78, 5) is 23.0. The minimum atomic E-state index is -1.62. The Bertz CT molecular complexity index is 848. The molecule has 22 heavy (non-hydrogen) atoms. The number of pyridine rings is 1. The van der Waals surface area contributed by atoms with Crippen molar-refractivity contribution in [1.29, 1.82) is 0 Å². The standard InChI is InChI=1S/C13H11ClFN3O4/c14-7-3-6-11(9(15)10(7)17-16)18(5-1-2-5)4-8(12(6)19)22-13(20)21/h3-5,17H,1-2,16H2,(H,20,21). The first-order valence-electron chi connectivity index (χ1n) is 6.38. The molecule has 1 aromatic carbocycles. The minimum Gasteiger partial charge on any atom is -0.449 e. The predicted octanol–water partition coefficient (Wildman–Crippen LogP) is 2.47. The number of hydrogen-bond acceptors (Lipinski definition) is 5. The average molecular weight is 328 g/mol. The second kappa shape index (κ2) is 5.15. The Balaban J connectivity index is 2.40. The Kier molecular flexibility index (Phi) is 3.42. The molecule has 116 valence electrons. The van der Waals surface area contributed by atoms with Gasteiger partial charge in [0.15, 0.2) is 11.6 Å². The maximum atomic E-state index is 14.6. The Labute approximate surface area is 128 Å². The summed E-state index contributed by atoms with van der Waals surface area (Å²) in [5, 5.41) is 8.56. The topological polar surface area (TPSA) is 107 Å². The first kappa shape index (κ1) is 14.6. The lowest BCUT2D eigenvalue weighted by Gasteiger charge is -2.15. The van der Waals surface area contributed by atoms with Crippen molar-refractivity contribution in [3.8, 4) is 5.75 Å². The number of ether oxygens (including phenoxy) is 1. The number of benzene rings is 1. The molecule has 2 aromatic rings. The molecule has 1 saturated carbocycles. The molecule has 0 atom stereocenters. The van der Waals surface area contributed by atoms with E-state index in [0.717, 1.165) is 12.8 Å². The second-order valence-electron chi connectivity index (χ2n) is 4.92. The quantitative estimate of drug-likeness (QED) is 0.454. The molecule has 3 rings (SSSR count). The fourth-order valence-corrected chi connectivity index (χ4v) is 2.60. The maximum Gasteiger partial charge on any atom is 0.511 e. The molecule has 1 aliphatic carbocycles. The number of aromatic nitrogens is 1. The number of nitrogens with one attached hydrogen (secondary N) is 1. The van der Waals surface area contributed by atoms with Crippen LogP contribution in [0, 0.1) is 5.82 Å². The lowest BCUT2D eigenvalue weighted by atomic mass is 10.1. The van der Waals surface area contributed by atoms with E-state index >= 15 is 0 Å². The molecule has 0 radical (unpaired) electrons. The van der Waals surface area contributed by atoms with Gasteiger partial charge in [0.05, 0.1) is 22.1 Å². The second-order valence-corrected chi connectivity index (χ2v) is 5.32. The van der Waals surface area contributed by atoms with Crippen LogP contribution in [0.5, 0.6) is 5.75 Å². The van der Waals surface area contributed by atoms with E-state index in [0.29, 0.717) is 0 Å². The largest absolute Gasteiger partial charge is 0.511 e. The van der Waals surface area contributed by atoms with Gasteiger partial charge in [0.25, 0.3) is 0 Å². The number of nitrogen functional groups attached to an aromatic ring is 1. The Morgan fingerprint density at radius 1 is 1.55 bits per heavy atom. The van der Waals surface area contributed by atoms with Crippen LogP contribution in [0.25, 0.3) is 10.9 Å². The highest BCUT2D eigenvalue weighted by molar-refractivity contribution is 6.34. The van der Waals surface area contributed by atoms with E-state index in [1.807, 2.05) is 0 Å². The molecule has 0 aliphatic heterocycles. The van der Waals surface area contributed by atoms with Gasteiger partial charge in [-0.05, 0) is 18.9 Å². The van der Waals surface area contributed by atoms with Gasteiger partial charge in [-0.25, -0.2) is 9.18 Å². The van der Waals surface area contributed by atoms with Gasteiger partial charge in [0.2, 0.25) is 5.43 Å². The Morgan fingerprint density at radius 2 is 2.23 bits per heavy atom.